The van der Waals surface area contributed by atoms with E-state index in [2.05, 4.69) is 10.3 Å². The summed E-state index contributed by atoms with van der Waals surface area (Å²) >= 11 is 1.63. The average Bonchev–Trinajstić information content (AvgIpc) is 3.14. The fourth-order valence-corrected chi connectivity index (χ4v) is 3.73. The Morgan fingerprint density at radius 1 is 1.37 bits per heavy atom. The zero-order valence-corrected chi connectivity index (χ0v) is 16.5. The molecule has 1 fully saturated rings. The number of hydrogen-bond acceptors (Lipinski definition) is 6. The van der Waals surface area contributed by atoms with E-state index in [-0.39, 0.29) is 11.9 Å². The fraction of sp³-hybridized carbons (Fsp3) is 0.526. The third kappa shape index (κ3) is 4.74. The number of piperidine rings is 1. The molecule has 0 bridgehead atoms. The Balaban J connectivity index is 1.55. The lowest BCUT2D eigenvalue weighted by molar-refractivity contribution is -0.142. The number of ether oxygens (including phenoxy) is 1. The molecule has 0 radical (unpaired) electrons. The molecule has 0 spiro atoms. The summed E-state index contributed by atoms with van der Waals surface area (Å²) < 4.78 is 10.7. The lowest BCUT2D eigenvalue weighted by atomic mass is 9.97. The average molecular weight is 391 g/mol. The van der Waals surface area contributed by atoms with Crippen LogP contribution in [0.25, 0.3) is 11.1 Å². The zero-order valence-electron chi connectivity index (χ0n) is 15.6. The highest BCUT2D eigenvalue weighted by atomic mass is 32.2. The maximum absolute atomic E-state index is 12.5. The van der Waals surface area contributed by atoms with Gasteiger partial charge in [0.15, 0.2) is 11.5 Å². The largest absolute Gasteiger partial charge is 0.467 e. The maximum Gasteiger partial charge on any atom is 0.328 e. The molecule has 1 saturated heterocycles. The number of rotatable bonds is 6. The summed E-state index contributed by atoms with van der Waals surface area (Å²) in [4.78, 5) is 30.7. The molecule has 2 heterocycles. The predicted molar refractivity (Wildman–Crippen MR) is 105 cm³/mol. The Labute approximate surface area is 162 Å². The summed E-state index contributed by atoms with van der Waals surface area (Å²) in [7, 11) is 1.34. The van der Waals surface area contributed by atoms with Crippen LogP contribution in [0.2, 0.25) is 0 Å². The lowest BCUT2D eigenvalue weighted by Gasteiger charge is -2.31. The summed E-state index contributed by atoms with van der Waals surface area (Å²) in [6.07, 6.45) is 4.09. The molecule has 1 aliphatic rings. The molecule has 3 rings (SSSR count). The second kappa shape index (κ2) is 9.12. The van der Waals surface area contributed by atoms with Crippen LogP contribution in [-0.2, 0) is 9.53 Å². The Morgan fingerprint density at radius 2 is 2.11 bits per heavy atom. The van der Waals surface area contributed by atoms with Gasteiger partial charge in [-0.1, -0.05) is 12.1 Å². The van der Waals surface area contributed by atoms with Crippen LogP contribution in [0.1, 0.15) is 31.1 Å². The van der Waals surface area contributed by atoms with Crippen molar-refractivity contribution < 1.29 is 18.7 Å². The number of carbonyl (C=O) groups is 2. The van der Waals surface area contributed by atoms with Crippen LogP contribution < -0.4 is 5.32 Å². The topological polar surface area (TPSA) is 84.7 Å². The Morgan fingerprint density at radius 3 is 2.78 bits per heavy atom. The molecule has 1 aromatic carbocycles. The summed E-state index contributed by atoms with van der Waals surface area (Å²) in [5, 5.41) is 2.81. The number of thioether (sulfide) groups is 1. The van der Waals surface area contributed by atoms with Gasteiger partial charge in [-0.15, -0.1) is 0 Å². The van der Waals surface area contributed by atoms with Gasteiger partial charge in [-0.05, 0) is 43.4 Å². The number of oxazole rings is 1. The molecular weight excluding hydrogens is 366 g/mol. The molecule has 0 saturated carbocycles. The van der Waals surface area contributed by atoms with Gasteiger partial charge >= 0.3 is 12.0 Å². The molecule has 0 aliphatic carbocycles. The molecule has 2 amide bonds. The maximum atomic E-state index is 12.5. The minimum Gasteiger partial charge on any atom is -0.467 e. The van der Waals surface area contributed by atoms with Gasteiger partial charge in [0.25, 0.3) is 0 Å². The van der Waals surface area contributed by atoms with Crippen LogP contribution in [0.15, 0.2) is 28.7 Å². The van der Waals surface area contributed by atoms with E-state index in [0.29, 0.717) is 19.5 Å². The van der Waals surface area contributed by atoms with Crippen molar-refractivity contribution in [1.82, 2.24) is 15.2 Å². The molecule has 2 aromatic rings. The molecule has 1 aromatic heterocycles. The number of urea groups is 1. The molecule has 0 unspecified atom stereocenters. The number of hydrogen-bond donors (Lipinski definition) is 1. The molecule has 7 nitrogen and oxygen atoms in total. The minimum absolute atomic E-state index is 0.203. The summed E-state index contributed by atoms with van der Waals surface area (Å²) in [5.74, 6) is 1.32. The number of methoxy groups -OCH3 is 1. The normalized spacial score (nSPS) is 16.3. The van der Waals surface area contributed by atoms with Crippen LogP contribution in [0.4, 0.5) is 4.79 Å². The van der Waals surface area contributed by atoms with E-state index >= 15 is 0 Å². The monoisotopic (exact) mass is 391 g/mol. The summed E-state index contributed by atoms with van der Waals surface area (Å²) in [6.45, 7) is 1.21. The molecule has 8 heteroatoms. The van der Waals surface area contributed by atoms with Gasteiger partial charge in [-0.3, -0.25) is 0 Å². The van der Waals surface area contributed by atoms with Gasteiger partial charge in [0, 0.05) is 19.0 Å². The van der Waals surface area contributed by atoms with Crippen molar-refractivity contribution in [2.75, 3.05) is 32.2 Å². The Hall–Kier alpha value is -2.22. The molecule has 27 heavy (non-hydrogen) atoms. The van der Waals surface area contributed by atoms with Crippen LogP contribution in [0, 0.1) is 0 Å². The first-order valence-electron chi connectivity index (χ1n) is 9.10. The number of aromatic nitrogens is 1. The third-order valence-corrected chi connectivity index (χ3v) is 5.48. The van der Waals surface area contributed by atoms with Gasteiger partial charge in [0.1, 0.15) is 11.6 Å². The van der Waals surface area contributed by atoms with Crippen molar-refractivity contribution in [3.05, 3.63) is 30.2 Å². The SMILES string of the molecule is COC(=O)[C@@H](CCSC)NC(=O)N1CCC(c2nc3ccccc3o2)CC1. The van der Waals surface area contributed by atoms with Crippen molar-refractivity contribution >= 4 is 34.9 Å². The smallest absolute Gasteiger partial charge is 0.328 e. The van der Waals surface area contributed by atoms with E-state index in [0.717, 1.165) is 35.6 Å². The number of nitrogens with zero attached hydrogens (tertiary/aromatic N) is 2. The van der Waals surface area contributed by atoms with E-state index in [1.165, 1.54) is 7.11 Å². The Kier molecular flexibility index (Phi) is 6.60. The van der Waals surface area contributed by atoms with Crippen LogP contribution in [0.5, 0.6) is 0 Å². The quantitative estimate of drug-likeness (QED) is 0.762. The van der Waals surface area contributed by atoms with Crippen LogP contribution in [0.3, 0.4) is 0 Å². The number of para-hydroxylation sites is 2. The van der Waals surface area contributed by atoms with Crippen molar-refractivity contribution in [1.29, 1.82) is 0 Å². The second-order valence-electron chi connectivity index (χ2n) is 6.59. The number of fused-ring (bicyclic) bond motifs is 1. The summed E-state index contributed by atoms with van der Waals surface area (Å²) in [6, 6.07) is 6.89. The van der Waals surface area contributed by atoms with E-state index in [1.807, 2.05) is 30.5 Å². The van der Waals surface area contributed by atoms with Gasteiger partial charge in [-0.2, -0.15) is 11.8 Å². The number of nitrogens with one attached hydrogen (secondary N) is 1. The number of likely N-dealkylation sites (tertiary alicyclic amines) is 1. The first-order chi connectivity index (χ1) is 13.1. The van der Waals surface area contributed by atoms with Crippen molar-refractivity contribution in [2.24, 2.45) is 0 Å². The predicted octanol–water partition coefficient (Wildman–Crippen LogP) is 3.01. The molecule has 1 N–H and O–H groups in total. The lowest BCUT2D eigenvalue weighted by Crippen LogP contribution is -2.50. The highest BCUT2D eigenvalue weighted by Gasteiger charge is 2.29. The van der Waals surface area contributed by atoms with Crippen molar-refractivity contribution in [3.8, 4) is 0 Å². The van der Waals surface area contributed by atoms with Gasteiger partial charge in [0.2, 0.25) is 0 Å². The zero-order chi connectivity index (χ0) is 19.2. The highest BCUT2D eigenvalue weighted by Crippen LogP contribution is 2.29. The fourth-order valence-electron chi connectivity index (χ4n) is 3.26. The number of benzene rings is 1. The van der Waals surface area contributed by atoms with Crippen molar-refractivity contribution in [3.63, 3.8) is 0 Å². The van der Waals surface area contributed by atoms with Crippen molar-refractivity contribution in [2.45, 2.75) is 31.2 Å². The molecule has 1 atom stereocenters. The second-order valence-corrected chi connectivity index (χ2v) is 7.57. The van der Waals surface area contributed by atoms with E-state index in [4.69, 9.17) is 9.15 Å². The third-order valence-electron chi connectivity index (χ3n) is 4.84. The van der Waals surface area contributed by atoms with E-state index in [9.17, 15) is 9.59 Å². The number of esters is 1. The van der Waals surface area contributed by atoms with Crippen LogP contribution >= 0.6 is 11.8 Å². The Bertz CT molecular complexity index is 753. The standard InChI is InChI=1S/C19H25N3O4S/c1-25-18(23)15(9-12-27-2)21-19(24)22-10-7-13(8-11-22)17-20-14-5-3-4-6-16(14)26-17/h3-6,13,15H,7-12H2,1-2H3,(H,21,24)/t15-/m1/s1. The van der Waals surface area contributed by atoms with E-state index in [1.54, 1.807) is 16.7 Å². The molecule has 146 valence electrons. The first kappa shape index (κ1) is 19.5. The van der Waals surface area contributed by atoms with Gasteiger partial charge < -0.3 is 19.4 Å². The highest BCUT2D eigenvalue weighted by molar-refractivity contribution is 7.98. The number of carbonyl (C=O) groups excluding carboxylic acids is 2. The van der Waals surface area contributed by atoms with Gasteiger partial charge in [0.05, 0.1) is 7.11 Å². The number of amides is 2. The minimum atomic E-state index is -0.607. The van der Waals surface area contributed by atoms with E-state index < -0.39 is 12.0 Å². The summed E-state index contributed by atoms with van der Waals surface area (Å²) in [5.41, 5.74) is 1.66. The van der Waals surface area contributed by atoms with Gasteiger partial charge in [-0.25, -0.2) is 14.6 Å². The molecular formula is C19H25N3O4S. The molecule has 1 aliphatic heterocycles. The van der Waals surface area contributed by atoms with Crippen LogP contribution in [-0.4, -0.2) is 60.1 Å². The first-order valence-corrected chi connectivity index (χ1v) is 10.5.